The zero-order valence-corrected chi connectivity index (χ0v) is 19.1. The number of benzene rings is 2. The zero-order chi connectivity index (χ0) is 23.2. The van der Waals surface area contributed by atoms with Crippen molar-refractivity contribution >= 4 is 15.7 Å². The lowest BCUT2D eigenvalue weighted by atomic mass is 9.98. The van der Waals surface area contributed by atoms with Gasteiger partial charge in [0.25, 0.3) is 10.0 Å². The Morgan fingerprint density at radius 3 is 2.48 bits per heavy atom. The van der Waals surface area contributed by atoms with Gasteiger partial charge >= 0.3 is 6.18 Å². The highest BCUT2D eigenvalue weighted by Gasteiger charge is 2.40. The summed E-state index contributed by atoms with van der Waals surface area (Å²) in [6.45, 7) is 3.53. The summed E-state index contributed by atoms with van der Waals surface area (Å²) in [5, 5.41) is 7.09. The molecule has 0 spiro atoms. The number of nitrogens with one attached hydrogen (secondary N) is 2. The fourth-order valence-corrected chi connectivity index (χ4v) is 6.51. The molecule has 2 aliphatic heterocycles. The van der Waals surface area contributed by atoms with Crippen LogP contribution in [0.25, 0.3) is 0 Å². The van der Waals surface area contributed by atoms with Crippen molar-refractivity contribution in [3.8, 4) is 0 Å². The van der Waals surface area contributed by atoms with Crippen molar-refractivity contribution in [2.75, 3.05) is 30.5 Å². The van der Waals surface area contributed by atoms with Gasteiger partial charge < -0.3 is 10.6 Å². The van der Waals surface area contributed by atoms with E-state index >= 15 is 0 Å². The van der Waals surface area contributed by atoms with Gasteiger partial charge in [-0.05, 0) is 92.7 Å². The molecule has 2 fully saturated rings. The molecule has 0 unspecified atom stereocenters. The fraction of sp³-hybridized carbons (Fsp3) is 0.500. The SMILES string of the molecule is O=S(=O)(c1ccc(C(F)(F)F)cc1)N1CCc2cc([C@@H]3C[C@H]3NCC3CCNCC3)ccc21. The van der Waals surface area contributed by atoms with E-state index in [1.807, 2.05) is 12.1 Å². The maximum absolute atomic E-state index is 13.1. The molecule has 178 valence electrons. The molecule has 5 rings (SSSR count). The van der Waals surface area contributed by atoms with E-state index in [1.165, 1.54) is 22.7 Å². The summed E-state index contributed by atoms with van der Waals surface area (Å²) in [5.74, 6) is 1.19. The van der Waals surface area contributed by atoms with E-state index in [-0.39, 0.29) is 4.90 Å². The van der Waals surface area contributed by atoms with Crippen molar-refractivity contribution in [2.45, 2.75) is 48.7 Å². The first kappa shape index (κ1) is 22.7. The van der Waals surface area contributed by atoms with Crippen LogP contribution in [0.2, 0.25) is 0 Å². The second-order valence-electron chi connectivity index (χ2n) is 9.29. The third-order valence-electron chi connectivity index (χ3n) is 7.07. The van der Waals surface area contributed by atoms with Crippen LogP contribution in [-0.2, 0) is 22.6 Å². The van der Waals surface area contributed by atoms with E-state index in [0.29, 0.717) is 30.6 Å². The Morgan fingerprint density at radius 2 is 1.79 bits per heavy atom. The molecule has 5 nitrogen and oxygen atoms in total. The predicted octanol–water partition coefficient (Wildman–Crippen LogP) is 3.90. The van der Waals surface area contributed by atoms with Crippen molar-refractivity contribution in [1.29, 1.82) is 0 Å². The van der Waals surface area contributed by atoms with Crippen molar-refractivity contribution in [2.24, 2.45) is 5.92 Å². The highest BCUT2D eigenvalue weighted by atomic mass is 32.2. The first-order valence-corrected chi connectivity index (χ1v) is 12.9. The molecule has 0 bridgehead atoms. The normalized spacial score (nSPS) is 23.5. The predicted molar refractivity (Wildman–Crippen MR) is 121 cm³/mol. The topological polar surface area (TPSA) is 61.4 Å². The van der Waals surface area contributed by atoms with Gasteiger partial charge in [0.1, 0.15) is 0 Å². The molecular formula is C24H28F3N3O2S. The number of piperidine rings is 1. The number of halogens is 3. The van der Waals surface area contributed by atoms with Gasteiger partial charge in [-0.3, -0.25) is 4.31 Å². The number of hydrogen-bond donors (Lipinski definition) is 2. The van der Waals surface area contributed by atoms with E-state index < -0.39 is 21.8 Å². The minimum Gasteiger partial charge on any atom is -0.317 e. The van der Waals surface area contributed by atoms with Gasteiger partial charge in [0.05, 0.1) is 16.1 Å². The molecule has 2 N–H and O–H groups in total. The molecule has 0 radical (unpaired) electrons. The van der Waals surface area contributed by atoms with E-state index in [9.17, 15) is 21.6 Å². The lowest BCUT2D eigenvalue weighted by Crippen LogP contribution is -2.34. The van der Waals surface area contributed by atoms with Crippen LogP contribution >= 0.6 is 0 Å². The molecule has 0 amide bonds. The number of fused-ring (bicyclic) bond motifs is 1. The van der Waals surface area contributed by atoms with Gasteiger partial charge in [0.15, 0.2) is 0 Å². The van der Waals surface area contributed by atoms with Gasteiger partial charge in [0, 0.05) is 18.5 Å². The van der Waals surface area contributed by atoms with E-state index in [4.69, 9.17) is 0 Å². The molecule has 2 atom stereocenters. The van der Waals surface area contributed by atoms with Gasteiger partial charge in [-0.2, -0.15) is 13.2 Å². The maximum atomic E-state index is 13.1. The Morgan fingerprint density at radius 1 is 1.06 bits per heavy atom. The minimum atomic E-state index is -4.50. The first-order valence-electron chi connectivity index (χ1n) is 11.5. The second kappa shape index (κ2) is 8.60. The quantitative estimate of drug-likeness (QED) is 0.660. The third-order valence-corrected chi connectivity index (χ3v) is 8.90. The van der Waals surface area contributed by atoms with Gasteiger partial charge in [-0.1, -0.05) is 12.1 Å². The molecule has 1 aliphatic carbocycles. The monoisotopic (exact) mass is 479 g/mol. The molecule has 0 aromatic heterocycles. The summed E-state index contributed by atoms with van der Waals surface area (Å²) in [4.78, 5) is -0.128. The van der Waals surface area contributed by atoms with Crippen LogP contribution in [0.3, 0.4) is 0 Å². The smallest absolute Gasteiger partial charge is 0.317 e. The van der Waals surface area contributed by atoms with Gasteiger partial charge in [-0.25, -0.2) is 8.42 Å². The highest BCUT2D eigenvalue weighted by molar-refractivity contribution is 7.92. The number of rotatable bonds is 6. The van der Waals surface area contributed by atoms with Crippen LogP contribution < -0.4 is 14.9 Å². The van der Waals surface area contributed by atoms with Crippen LogP contribution in [0.5, 0.6) is 0 Å². The lowest BCUT2D eigenvalue weighted by molar-refractivity contribution is -0.137. The van der Waals surface area contributed by atoms with E-state index in [1.54, 1.807) is 0 Å². The zero-order valence-electron chi connectivity index (χ0n) is 18.2. The standard InChI is InChI=1S/C24H28F3N3O2S/c25-24(26,27)19-2-4-20(5-3-19)33(31,32)30-12-9-18-13-17(1-6-23(18)30)21-14-22(21)29-15-16-7-10-28-11-8-16/h1-6,13,16,21-22,28-29H,7-12,14-15H2/t21-,22+/m0/s1. The second-order valence-corrected chi connectivity index (χ2v) is 11.2. The van der Waals surface area contributed by atoms with E-state index in [0.717, 1.165) is 61.8 Å². The first-order chi connectivity index (χ1) is 15.7. The van der Waals surface area contributed by atoms with Crippen LogP contribution in [0.4, 0.5) is 18.9 Å². The average molecular weight is 480 g/mol. The van der Waals surface area contributed by atoms with Gasteiger partial charge in [0.2, 0.25) is 0 Å². The number of alkyl halides is 3. The summed E-state index contributed by atoms with van der Waals surface area (Å²) >= 11 is 0. The molecule has 2 aromatic rings. The third kappa shape index (κ3) is 4.63. The Balaban J connectivity index is 1.26. The molecular weight excluding hydrogens is 451 g/mol. The Hall–Kier alpha value is -2.10. The summed E-state index contributed by atoms with van der Waals surface area (Å²) in [6.07, 6.45) is -0.374. The van der Waals surface area contributed by atoms with Crippen molar-refractivity contribution in [1.82, 2.24) is 10.6 Å². The van der Waals surface area contributed by atoms with E-state index in [2.05, 4.69) is 16.7 Å². The Bertz CT molecular complexity index is 1110. The Labute approximate surface area is 192 Å². The van der Waals surface area contributed by atoms with Crippen LogP contribution in [0.1, 0.15) is 41.9 Å². The highest BCUT2D eigenvalue weighted by Crippen LogP contribution is 2.44. The van der Waals surface area contributed by atoms with Crippen LogP contribution in [0, 0.1) is 5.92 Å². The van der Waals surface area contributed by atoms with Crippen molar-refractivity contribution in [3.63, 3.8) is 0 Å². The average Bonchev–Trinajstić information content (AvgIpc) is 3.46. The lowest BCUT2D eigenvalue weighted by Gasteiger charge is -2.23. The summed E-state index contributed by atoms with van der Waals surface area (Å²) in [7, 11) is -3.92. The number of anilines is 1. The molecule has 1 saturated carbocycles. The van der Waals surface area contributed by atoms with Crippen LogP contribution in [-0.4, -0.2) is 40.6 Å². The molecule has 2 aromatic carbocycles. The molecule has 1 saturated heterocycles. The number of nitrogens with zero attached hydrogens (tertiary/aromatic N) is 1. The van der Waals surface area contributed by atoms with Gasteiger partial charge in [-0.15, -0.1) is 0 Å². The van der Waals surface area contributed by atoms with Crippen molar-refractivity contribution in [3.05, 3.63) is 59.2 Å². The molecule has 3 aliphatic rings. The molecule has 33 heavy (non-hydrogen) atoms. The minimum absolute atomic E-state index is 0.128. The maximum Gasteiger partial charge on any atom is 0.416 e. The number of hydrogen-bond acceptors (Lipinski definition) is 4. The Kier molecular flexibility index (Phi) is 5.91. The summed E-state index contributed by atoms with van der Waals surface area (Å²) in [6, 6.07) is 10.1. The molecule has 2 heterocycles. The largest absolute Gasteiger partial charge is 0.416 e. The van der Waals surface area contributed by atoms with Crippen LogP contribution in [0.15, 0.2) is 47.4 Å². The summed E-state index contributed by atoms with van der Waals surface area (Å²) in [5.41, 5.74) is 1.97. The number of sulfonamides is 1. The molecule has 9 heteroatoms. The fourth-order valence-electron chi connectivity index (χ4n) is 5.01. The van der Waals surface area contributed by atoms with Crippen molar-refractivity contribution < 1.29 is 21.6 Å². The summed E-state index contributed by atoms with van der Waals surface area (Å²) < 4.78 is 66.0.